The Bertz CT molecular complexity index is 202. The maximum atomic E-state index is 5.56. The summed E-state index contributed by atoms with van der Waals surface area (Å²) in [6, 6.07) is 0. The molecule has 1 heterocycles. The van der Waals surface area contributed by atoms with Crippen LogP contribution in [-0.4, -0.2) is 9.97 Å². The first-order valence-electron chi connectivity index (χ1n) is 2.26. The Kier molecular flexibility index (Phi) is 1.81. The van der Waals surface area contributed by atoms with Crippen LogP contribution in [0.15, 0.2) is 12.5 Å². The highest BCUT2D eigenvalue weighted by atomic mass is 35.5. The van der Waals surface area contributed by atoms with Crippen molar-refractivity contribution in [3.05, 3.63) is 17.5 Å². The van der Waals surface area contributed by atoms with Gasteiger partial charge in [-0.1, -0.05) is 11.6 Å². The van der Waals surface area contributed by atoms with Crippen molar-refractivity contribution < 1.29 is 0 Å². The molecule has 1 aromatic rings. The van der Waals surface area contributed by atoms with Crippen LogP contribution in [0.2, 0.25) is 5.02 Å². The molecule has 0 aromatic carbocycles. The van der Waals surface area contributed by atoms with Crippen molar-refractivity contribution in [3.63, 3.8) is 0 Å². The van der Waals surface area contributed by atoms with E-state index in [0.717, 1.165) is 0 Å². The standard InChI is InChI=1S/C4H5ClN4/c5-3-1-7-2-8-4(3)9-6/h1-2H,6H2,(H,7,8,9). The molecule has 1 aromatic heterocycles. The lowest BCUT2D eigenvalue weighted by molar-refractivity contribution is 1.14. The van der Waals surface area contributed by atoms with Gasteiger partial charge in [0.2, 0.25) is 0 Å². The van der Waals surface area contributed by atoms with E-state index in [0.29, 0.717) is 10.8 Å². The molecular weight excluding hydrogens is 140 g/mol. The Labute approximate surface area is 57.0 Å². The Morgan fingerprint density at radius 2 is 2.44 bits per heavy atom. The van der Waals surface area contributed by atoms with Crippen LogP contribution in [0, 0.1) is 0 Å². The van der Waals surface area contributed by atoms with Gasteiger partial charge < -0.3 is 5.43 Å². The minimum absolute atomic E-state index is 0.417. The summed E-state index contributed by atoms with van der Waals surface area (Å²) in [6.07, 6.45) is 2.82. The number of anilines is 1. The third-order valence-electron chi connectivity index (χ3n) is 0.804. The molecular formula is C4H5ClN4. The summed E-state index contributed by atoms with van der Waals surface area (Å²) in [5, 5.41) is 0.417. The van der Waals surface area contributed by atoms with Gasteiger partial charge >= 0.3 is 0 Å². The van der Waals surface area contributed by atoms with Gasteiger partial charge in [0.1, 0.15) is 11.3 Å². The molecule has 0 radical (unpaired) electrons. The molecule has 0 fully saturated rings. The third kappa shape index (κ3) is 1.28. The maximum Gasteiger partial charge on any atom is 0.162 e. The van der Waals surface area contributed by atoms with E-state index in [1.165, 1.54) is 12.5 Å². The summed E-state index contributed by atoms with van der Waals surface area (Å²) in [5.41, 5.74) is 2.31. The Morgan fingerprint density at radius 3 is 2.89 bits per heavy atom. The number of nitrogens with zero attached hydrogens (tertiary/aromatic N) is 2. The number of hydrogen-bond donors (Lipinski definition) is 2. The molecule has 0 spiro atoms. The lowest BCUT2D eigenvalue weighted by Gasteiger charge is -1.97. The van der Waals surface area contributed by atoms with Crippen LogP contribution in [0.1, 0.15) is 0 Å². The van der Waals surface area contributed by atoms with Crippen LogP contribution in [0.3, 0.4) is 0 Å². The minimum Gasteiger partial charge on any atom is -0.307 e. The zero-order chi connectivity index (χ0) is 6.69. The molecule has 1 rings (SSSR count). The largest absolute Gasteiger partial charge is 0.307 e. The van der Waals surface area contributed by atoms with Gasteiger partial charge in [0.25, 0.3) is 0 Å². The van der Waals surface area contributed by atoms with E-state index < -0.39 is 0 Å². The summed E-state index contributed by atoms with van der Waals surface area (Å²) in [4.78, 5) is 7.37. The van der Waals surface area contributed by atoms with Crippen molar-refractivity contribution in [2.24, 2.45) is 5.84 Å². The number of nitrogens with one attached hydrogen (secondary N) is 1. The number of rotatable bonds is 1. The average molecular weight is 145 g/mol. The van der Waals surface area contributed by atoms with Gasteiger partial charge in [0.15, 0.2) is 5.82 Å². The molecule has 5 heteroatoms. The van der Waals surface area contributed by atoms with Gasteiger partial charge in [-0.2, -0.15) is 0 Å². The van der Waals surface area contributed by atoms with E-state index in [1.54, 1.807) is 0 Å². The number of halogens is 1. The molecule has 9 heavy (non-hydrogen) atoms. The van der Waals surface area contributed by atoms with Gasteiger partial charge in [0, 0.05) is 0 Å². The molecule has 0 atom stereocenters. The molecule has 48 valence electrons. The highest BCUT2D eigenvalue weighted by molar-refractivity contribution is 6.32. The first-order valence-corrected chi connectivity index (χ1v) is 2.64. The number of hydrogen-bond acceptors (Lipinski definition) is 4. The Morgan fingerprint density at radius 1 is 1.67 bits per heavy atom. The van der Waals surface area contributed by atoms with Crippen LogP contribution in [0.4, 0.5) is 5.82 Å². The SMILES string of the molecule is NNc1ncncc1Cl. The minimum atomic E-state index is 0.417. The molecule has 0 aliphatic carbocycles. The molecule has 0 aliphatic rings. The van der Waals surface area contributed by atoms with Crippen molar-refractivity contribution in [2.45, 2.75) is 0 Å². The second-order valence-corrected chi connectivity index (χ2v) is 1.77. The summed E-state index contributed by atoms with van der Waals surface area (Å²) in [5.74, 6) is 5.46. The Hall–Kier alpha value is -0.870. The summed E-state index contributed by atoms with van der Waals surface area (Å²) in [7, 11) is 0. The first-order chi connectivity index (χ1) is 4.34. The quantitative estimate of drug-likeness (QED) is 0.443. The van der Waals surface area contributed by atoms with E-state index in [4.69, 9.17) is 17.4 Å². The van der Waals surface area contributed by atoms with E-state index in [1.807, 2.05) is 0 Å². The van der Waals surface area contributed by atoms with E-state index >= 15 is 0 Å². The van der Waals surface area contributed by atoms with Crippen LogP contribution < -0.4 is 11.3 Å². The number of hydrazine groups is 1. The van der Waals surface area contributed by atoms with Gasteiger partial charge in [-0.3, -0.25) is 0 Å². The van der Waals surface area contributed by atoms with E-state index in [2.05, 4.69) is 15.4 Å². The summed E-state index contributed by atoms with van der Waals surface area (Å²) >= 11 is 5.56. The Balaban J connectivity index is 3.01. The van der Waals surface area contributed by atoms with Crippen molar-refractivity contribution in [3.8, 4) is 0 Å². The second kappa shape index (κ2) is 2.61. The zero-order valence-electron chi connectivity index (χ0n) is 4.50. The van der Waals surface area contributed by atoms with Crippen molar-refractivity contribution in [2.75, 3.05) is 5.43 Å². The second-order valence-electron chi connectivity index (χ2n) is 1.36. The third-order valence-corrected chi connectivity index (χ3v) is 1.08. The molecule has 4 nitrogen and oxygen atoms in total. The van der Waals surface area contributed by atoms with Gasteiger partial charge in [-0.05, 0) is 0 Å². The maximum absolute atomic E-state index is 5.56. The topological polar surface area (TPSA) is 63.8 Å². The van der Waals surface area contributed by atoms with Gasteiger partial charge in [0.05, 0.1) is 6.20 Å². The predicted octanol–water partition coefficient (Wildman–Crippen LogP) is 0.416. The van der Waals surface area contributed by atoms with Crippen LogP contribution >= 0.6 is 11.6 Å². The van der Waals surface area contributed by atoms with Crippen molar-refractivity contribution >= 4 is 17.4 Å². The molecule has 0 saturated heterocycles. The van der Waals surface area contributed by atoms with Crippen molar-refractivity contribution in [1.82, 2.24) is 9.97 Å². The average Bonchev–Trinajstić information content (AvgIpc) is 1.89. The van der Waals surface area contributed by atoms with Crippen LogP contribution in [-0.2, 0) is 0 Å². The summed E-state index contributed by atoms with van der Waals surface area (Å²) < 4.78 is 0. The zero-order valence-corrected chi connectivity index (χ0v) is 5.26. The first kappa shape index (κ1) is 6.25. The lowest BCUT2D eigenvalue weighted by atomic mass is 10.6. The fourth-order valence-corrected chi connectivity index (χ4v) is 0.579. The van der Waals surface area contributed by atoms with E-state index in [-0.39, 0.29) is 0 Å². The summed E-state index contributed by atoms with van der Waals surface area (Å²) in [6.45, 7) is 0. The number of nitrogen functional groups attached to an aromatic ring is 1. The van der Waals surface area contributed by atoms with Crippen LogP contribution in [0.25, 0.3) is 0 Å². The molecule has 0 unspecified atom stereocenters. The number of aromatic nitrogens is 2. The molecule has 0 aliphatic heterocycles. The highest BCUT2D eigenvalue weighted by Gasteiger charge is 1.94. The monoisotopic (exact) mass is 144 g/mol. The van der Waals surface area contributed by atoms with Crippen molar-refractivity contribution in [1.29, 1.82) is 0 Å². The molecule has 0 saturated carbocycles. The molecule has 3 N–H and O–H groups in total. The smallest absolute Gasteiger partial charge is 0.162 e. The predicted molar refractivity (Wildman–Crippen MR) is 34.9 cm³/mol. The van der Waals surface area contributed by atoms with Gasteiger partial charge in [-0.15, -0.1) is 0 Å². The molecule has 0 bridgehead atoms. The fraction of sp³-hybridized carbons (Fsp3) is 0. The van der Waals surface area contributed by atoms with Crippen LogP contribution in [0.5, 0.6) is 0 Å². The lowest BCUT2D eigenvalue weighted by Crippen LogP contribution is -2.08. The number of nitrogens with two attached hydrogens (primary N) is 1. The van der Waals surface area contributed by atoms with E-state index in [9.17, 15) is 0 Å². The highest BCUT2D eigenvalue weighted by Crippen LogP contribution is 2.13. The fourth-order valence-electron chi connectivity index (χ4n) is 0.419. The van der Waals surface area contributed by atoms with Gasteiger partial charge in [-0.25, -0.2) is 15.8 Å². The normalized spacial score (nSPS) is 9.11. The molecule has 0 amide bonds.